The predicted molar refractivity (Wildman–Crippen MR) is 161 cm³/mol. The first-order valence-corrected chi connectivity index (χ1v) is 14.0. The average molecular weight is 561 g/mol. The second-order valence-corrected chi connectivity index (χ2v) is 10.6. The topological polar surface area (TPSA) is 100 Å². The van der Waals surface area contributed by atoms with Crippen LogP contribution >= 0.6 is 0 Å². The molecule has 1 N–H and O–H groups in total. The van der Waals surface area contributed by atoms with E-state index in [1.165, 1.54) is 0 Å². The summed E-state index contributed by atoms with van der Waals surface area (Å²) in [5.41, 5.74) is 3.37. The molecule has 2 aromatic carbocycles. The summed E-state index contributed by atoms with van der Waals surface area (Å²) in [7, 11) is 3.23. The number of nitrogens with one attached hydrogen (secondary N) is 1. The van der Waals surface area contributed by atoms with E-state index in [2.05, 4.69) is 34.3 Å². The number of hydrogen-bond donors (Lipinski definition) is 1. The van der Waals surface area contributed by atoms with Crippen molar-refractivity contribution in [1.82, 2.24) is 20.0 Å². The van der Waals surface area contributed by atoms with E-state index in [0.717, 1.165) is 23.4 Å². The van der Waals surface area contributed by atoms with Gasteiger partial charge in [0.25, 0.3) is 0 Å². The molecule has 0 atom stereocenters. The molecule has 4 rings (SSSR count). The zero-order valence-corrected chi connectivity index (χ0v) is 24.6. The minimum absolute atomic E-state index is 0.0443. The van der Waals surface area contributed by atoms with Crippen molar-refractivity contribution in [1.29, 1.82) is 0 Å². The van der Waals surface area contributed by atoms with Crippen molar-refractivity contribution in [3.63, 3.8) is 0 Å². The van der Waals surface area contributed by atoms with Crippen LogP contribution in [0.1, 0.15) is 25.8 Å². The fraction of sp³-hybridized carbons (Fsp3) is 0.419. The lowest BCUT2D eigenvalue weighted by Crippen LogP contribution is -2.52. The van der Waals surface area contributed by atoms with Crippen LogP contribution < -0.4 is 19.7 Å². The number of ether oxygens (including phenoxy) is 2. The van der Waals surface area contributed by atoms with Crippen molar-refractivity contribution in [2.45, 2.75) is 27.2 Å². The van der Waals surface area contributed by atoms with Gasteiger partial charge in [0, 0.05) is 50.0 Å². The fourth-order valence-electron chi connectivity index (χ4n) is 4.60. The first kappa shape index (κ1) is 29.6. The van der Waals surface area contributed by atoms with Crippen molar-refractivity contribution in [3.05, 3.63) is 60.2 Å². The maximum Gasteiger partial charge on any atom is 0.322 e. The molecule has 0 spiro atoms. The summed E-state index contributed by atoms with van der Waals surface area (Å²) < 4.78 is 10.8. The number of piperazine rings is 1. The molecule has 0 bridgehead atoms. The molecule has 41 heavy (non-hydrogen) atoms. The van der Waals surface area contributed by atoms with E-state index in [0.29, 0.717) is 61.5 Å². The number of rotatable bonds is 10. The van der Waals surface area contributed by atoms with Gasteiger partial charge in [-0.25, -0.2) is 4.79 Å². The lowest BCUT2D eigenvalue weighted by molar-refractivity contribution is -0.132. The third-order valence-corrected chi connectivity index (χ3v) is 7.18. The van der Waals surface area contributed by atoms with Gasteiger partial charge in [-0.1, -0.05) is 31.5 Å². The number of carbonyl (C=O) groups is 2. The Labute approximate surface area is 242 Å². The van der Waals surface area contributed by atoms with Crippen LogP contribution in [0.4, 0.5) is 16.3 Å². The van der Waals surface area contributed by atoms with Crippen LogP contribution in [-0.2, 0) is 4.79 Å². The Bertz CT molecular complexity index is 1310. The van der Waals surface area contributed by atoms with E-state index in [1.54, 1.807) is 19.1 Å². The second kappa shape index (κ2) is 13.8. The predicted octanol–water partition coefficient (Wildman–Crippen LogP) is 4.70. The van der Waals surface area contributed by atoms with E-state index in [4.69, 9.17) is 9.47 Å². The highest BCUT2D eigenvalue weighted by atomic mass is 16.5. The molecule has 0 aliphatic carbocycles. The van der Waals surface area contributed by atoms with Gasteiger partial charge in [0.2, 0.25) is 5.91 Å². The molecular weight excluding hydrogens is 520 g/mol. The Morgan fingerprint density at radius 3 is 2.29 bits per heavy atom. The molecule has 1 aliphatic heterocycles. The third kappa shape index (κ3) is 7.87. The molecule has 3 aromatic rings. The highest BCUT2D eigenvalue weighted by molar-refractivity contribution is 5.92. The SMILES string of the molecule is COc1ccc(-c2ccc(N3CCN(C(=O)CN(CCC(C)C)C(=O)Nc4ccc(C)cc4)CC3)nn2)c(OC)c1. The molecule has 3 amide bonds. The van der Waals surface area contributed by atoms with E-state index in [9.17, 15) is 9.59 Å². The Hall–Kier alpha value is -4.34. The summed E-state index contributed by atoms with van der Waals surface area (Å²) in [6.45, 7) is 9.14. The number of amides is 3. The molecule has 1 aromatic heterocycles. The van der Waals surface area contributed by atoms with Crippen LogP contribution in [0, 0.1) is 12.8 Å². The number of aryl methyl sites for hydroxylation is 1. The van der Waals surface area contributed by atoms with Gasteiger partial charge in [-0.2, -0.15) is 0 Å². The fourth-order valence-corrected chi connectivity index (χ4v) is 4.60. The normalized spacial score (nSPS) is 13.2. The minimum atomic E-state index is -0.259. The van der Waals surface area contributed by atoms with Crippen molar-refractivity contribution in [3.8, 4) is 22.8 Å². The Balaban J connectivity index is 1.34. The molecule has 1 saturated heterocycles. The van der Waals surface area contributed by atoms with Crippen LogP contribution in [0.3, 0.4) is 0 Å². The number of methoxy groups -OCH3 is 2. The van der Waals surface area contributed by atoms with Gasteiger partial charge in [0.1, 0.15) is 18.0 Å². The molecule has 0 radical (unpaired) electrons. The summed E-state index contributed by atoms with van der Waals surface area (Å²) in [4.78, 5) is 31.9. The van der Waals surface area contributed by atoms with E-state index >= 15 is 0 Å². The Kier molecular flexibility index (Phi) is 10.00. The summed E-state index contributed by atoms with van der Waals surface area (Å²) in [6.07, 6.45) is 0.819. The first-order valence-electron chi connectivity index (χ1n) is 14.0. The number of hydrogen-bond acceptors (Lipinski definition) is 7. The standard InChI is InChI=1S/C31H40N6O4/c1-22(2)14-15-37(31(39)32-24-8-6-23(3)7-9-24)21-30(38)36-18-16-35(17-19-36)29-13-12-27(33-34-29)26-11-10-25(40-4)20-28(26)41-5/h6-13,20,22H,14-19,21H2,1-5H3,(H,32,39). The average Bonchev–Trinajstić information content (AvgIpc) is 3.00. The summed E-state index contributed by atoms with van der Waals surface area (Å²) in [5, 5.41) is 11.8. The van der Waals surface area contributed by atoms with Crippen LogP contribution in [0.2, 0.25) is 0 Å². The van der Waals surface area contributed by atoms with Gasteiger partial charge in [0.15, 0.2) is 5.82 Å². The lowest BCUT2D eigenvalue weighted by Gasteiger charge is -2.36. The van der Waals surface area contributed by atoms with Gasteiger partial charge >= 0.3 is 6.03 Å². The second-order valence-electron chi connectivity index (χ2n) is 10.6. The third-order valence-electron chi connectivity index (χ3n) is 7.18. The number of anilines is 2. The van der Waals surface area contributed by atoms with Gasteiger partial charge in [0.05, 0.1) is 19.9 Å². The van der Waals surface area contributed by atoms with E-state index in [1.807, 2.05) is 66.4 Å². The zero-order chi connectivity index (χ0) is 29.4. The maximum atomic E-state index is 13.2. The van der Waals surface area contributed by atoms with Crippen molar-refractivity contribution >= 4 is 23.4 Å². The van der Waals surface area contributed by atoms with Crippen LogP contribution in [0.15, 0.2) is 54.6 Å². The molecule has 0 saturated carbocycles. The molecule has 10 heteroatoms. The van der Waals surface area contributed by atoms with Gasteiger partial charge < -0.3 is 29.5 Å². The first-order chi connectivity index (χ1) is 19.8. The number of nitrogens with zero attached hydrogens (tertiary/aromatic N) is 5. The highest BCUT2D eigenvalue weighted by Crippen LogP contribution is 2.32. The van der Waals surface area contributed by atoms with Gasteiger partial charge in [-0.05, 0) is 55.7 Å². The smallest absolute Gasteiger partial charge is 0.322 e. The number of benzene rings is 2. The molecular formula is C31H40N6O4. The Morgan fingerprint density at radius 2 is 1.68 bits per heavy atom. The van der Waals surface area contributed by atoms with Crippen molar-refractivity contribution in [2.24, 2.45) is 5.92 Å². The molecule has 10 nitrogen and oxygen atoms in total. The van der Waals surface area contributed by atoms with E-state index < -0.39 is 0 Å². The van der Waals surface area contributed by atoms with E-state index in [-0.39, 0.29) is 18.5 Å². The number of aromatic nitrogens is 2. The summed E-state index contributed by atoms with van der Waals surface area (Å²) in [5.74, 6) is 2.48. The van der Waals surface area contributed by atoms with Crippen LogP contribution in [0.5, 0.6) is 11.5 Å². The van der Waals surface area contributed by atoms with Gasteiger partial charge in [-0.3, -0.25) is 4.79 Å². The molecule has 2 heterocycles. The maximum absolute atomic E-state index is 13.2. The van der Waals surface area contributed by atoms with Crippen LogP contribution in [0.25, 0.3) is 11.3 Å². The minimum Gasteiger partial charge on any atom is -0.497 e. The summed E-state index contributed by atoms with van der Waals surface area (Å²) in [6, 6.07) is 16.8. The molecule has 1 aliphatic rings. The van der Waals surface area contributed by atoms with Crippen LogP contribution in [-0.4, -0.2) is 85.4 Å². The van der Waals surface area contributed by atoms with Crippen molar-refractivity contribution < 1.29 is 19.1 Å². The largest absolute Gasteiger partial charge is 0.497 e. The summed E-state index contributed by atoms with van der Waals surface area (Å²) >= 11 is 0. The zero-order valence-electron chi connectivity index (χ0n) is 24.6. The lowest BCUT2D eigenvalue weighted by atomic mass is 10.1. The number of carbonyl (C=O) groups excluding carboxylic acids is 2. The van der Waals surface area contributed by atoms with Crippen molar-refractivity contribution in [2.75, 3.05) is 63.7 Å². The molecule has 218 valence electrons. The molecule has 0 unspecified atom stereocenters. The Morgan fingerprint density at radius 1 is 0.951 bits per heavy atom. The molecule has 1 fully saturated rings. The quantitative estimate of drug-likeness (QED) is 0.384. The highest BCUT2D eigenvalue weighted by Gasteiger charge is 2.26. The monoisotopic (exact) mass is 560 g/mol. The van der Waals surface area contributed by atoms with Gasteiger partial charge in [-0.15, -0.1) is 10.2 Å². The number of urea groups is 1.